The van der Waals surface area contributed by atoms with Crippen LogP contribution in [0.5, 0.6) is 0 Å². The molecule has 3 atom stereocenters. The van der Waals surface area contributed by atoms with Crippen LogP contribution in [0.25, 0.3) is 0 Å². The van der Waals surface area contributed by atoms with Gasteiger partial charge in [0.25, 0.3) is 0 Å². The Bertz CT molecular complexity index is 365. The summed E-state index contributed by atoms with van der Waals surface area (Å²) in [4.78, 5) is 0. The first-order valence-corrected chi connectivity index (χ1v) is 5.30. The van der Waals surface area contributed by atoms with Crippen LogP contribution in [0.4, 0.5) is 8.78 Å². The minimum atomic E-state index is -0.376. The molecule has 2 rings (SSSR count). The average Bonchev–Trinajstić information content (AvgIpc) is 2.52. The number of hydrogen-bond acceptors (Lipinski definition) is 1. The van der Waals surface area contributed by atoms with Crippen molar-refractivity contribution in [3.63, 3.8) is 0 Å². The standard InChI is InChI=1S/C12H15F2N/c1-7-9(3-5-12(7)15)10-6-8(13)2-4-11(10)14/h2,4,6-7,9,12H,3,5,15H2,1H3. The molecule has 15 heavy (non-hydrogen) atoms. The summed E-state index contributed by atoms with van der Waals surface area (Å²) < 4.78 is 26.5. The average molecular weight is 211 g/mol. The van der Waals surface area contributed by atoms with E-state index in [0.717, 1.165) is 18.9 Å². The summed E-state index contributed by atoms with van der Waals surface area (Å²) in [7, 11) is 0. The van der Waals surface area contributed by atoms with Gasteiger partial charge in [-0.3, -0.25) is 0 Å². The maximum absolute atomic E-state index is 13.5. The topological polar surface area (TPSA) is 26.0 Å². The minimum Gasteiger partial charge on any atom is -0.327 e. The Kier molecular flexibility index (Phi) is 2.74. The van der Waals surface area contributed by atoms with Crippen molar-refractivity contribution in [2.75, 3.05) is 0 Å². The lowest BCUT2D eigenvalue weighted by atomic mass is 9.88. The van der Waals surface area contributed by atoms with Crippen molar-refractivity contribution in [1.82, 2.24) is 0 Å². The normalized spacial score (nSPS) is 30.8. The lowest BCUT2D eigenvalue weighted by Gasteiger charge is -2.18. The molecule has 0 aromatic heterocycles. The Hall–Kier alpha value is -0.960. The quantitative estimate of drug-likeness (QED) is 0.759. The Balaban J connectivity index is 2.33. The molecule has 2 N–H and O–H groups in total. The van der Waals surface area contributed by atoms with Crippen LogP contribution in [-0.2, 0) is 0 Å². The van der Waals surface area contributed by atoms with E-state index < -0.39 is 0 Å². The first kappa shape index (κ1) is 10.6. The van der Waals surface area contributed by atoms with Crippen LogP contribution in [0.3, 0.4) is 0 Å². The van der Waals surface area contributed by atoms with Gasteiger partial charge in [0.15, 0.2) is 0 Å². The monoisotopic (exact) mass is 211 g/mol. The van der Waals surface area contributed by atoms with Gasteiger partial charge in [-0.25, -0.2) is 8.78 Å². The molecule has 0 bridgehead atoms. The molecule has 1 aromatic rings. The molecule has 0 spiro atoms. The molecule has 0 amide bonds. The number of rotatable bonds is 1. The second-order valence-electron chi connectivity index (χ2n) is 4.37. The van der Waals surface area contributed by atoms with E-state index in [9.17, 15) is 8.78 Å². The predicted molar refractivity (Wildman–Crippen MR) is 55.5 cm³/mol. The maximum atomic E-state index is 13.5. The Morgan fingerprint density at radius 3 is 2.60 bits per heavy atom. The fourth-order valence-corrected chi connectivity index (χ4v) is 2.43. The van der Waals surface area contributed by atoms with Crippen molar-refractivity contribution in [3.8, 4) is 0 Å². The number of benzene rings is 1. The summed E-state index contributed by atoms with van der Waals surface area (Å²) in [5, 5.41) is 0. The number of halogens is 2. The van der Waals surface area contributed by atoms with Gasteiger partial charge in [-0.1, -0.05) is 6.92 Å². The number of nitrogens with two attached hydrogens (primary N) is 1. The molecular formula is C12H15F2N. The van der Waals surface area contributed by atoms with E-state index in [-0.39, 0.29) is 29.5 Å². The second-order valence-corrected chi connectivity index (χ2v) is 4.37. The van der Waals surface area contributed by atoms with Gasteiger partial charge in [-0.15, -0.1) is 0 Å². The Morgan fingerprint density at radius 1 is 1.27 bits per heavy atom. The first-order valence-electron chi connectivity index (χ1n) is 5.30. The van der Waals surface area contributed by atoms with E-state index in [4.69, 9.17) is 5.73 Å². The summed E-state index contributed by atoms with van der Waals surface area (Å²) >= 11 is 0. The van der Waals surface area contributed by atoms with Gasteiger partial charge < -0.3 is 5.73 Å². The molecule has 0 radical (unpaired) electrons. The van der Waals surface area contributed by atoms with Gasteiger partial charge in [-0.05, 0) is 48.4 Å². The Morgan fingerprint density at radius 2 is 2.00 bits per heavy atom. The maximum Gasteiger partial charge on any atom is 0.126 e. The van der Waals surface area contributed by atoms with Crippen LogP contribution in [0.2, 0.25) is 0 Å². The second kappa shape index (κ2) is 3.89. The molecule has 1 aliphatic rings. The highest BCUT2D eigenvalue weighted by molar-refractivity contribution is 5.25. The third kappa shape index (κ3) is 1.88. The molecule has 1 nitrogen and oxygen atoms in total. The van der Waals surface area contributed by atoms with Gasteiger partial charge in [0.1, 0.15) is 11.6 Å². The fourth-order valence-electron chi connectivity index (χ4n) is 2.43. The van der Waals surface area contributed by atoms with Crippen molar-refractivity contribution in [2.24, 2.45) is 11.7 Å². The highest BCUT2D eigenvalue weighted by atomic mass is 19.1. The lowest BCUT2D eigenvalue weighted by molar-refractivity contribution is 0.460. The molecule has 1 saturated carbocycles. The molecule has 1 fully saturated rings. The van der Waals surface area contributed by atoms with Gasteiger partial charge in [0.2, 0.25) is 0 Å². The van der Waals surface area contributed by atoms with Crippen molar-refractivity contribution in [1.29, 1.82) is 0 Å². The third-order valence-corrected chi connectivity index (χ3v) is 3.48. The zero-order chi connectivity index (χ0) is 11.0. The zero-order valence-corrected chi connectivity index (χ0v) is 8.71. The first-order chi connectivity index (χ1) is 7.09. The summed E-state index contributed by atoms with van der Waals surface area (Å²) in [5.41, 5.74) is 6.36. The third-order valence-electron chi connectivity index (χ3n) is 3.48. The van der Waals surface area contributed by atoms with Crippen molar-refractivity contribution < 1.29 is 8.78 Å². The fraction of sp³-hybridized carbons (Fsp3) is 0.500. The van der Waals surface area contributed by atoms with Crippen LogP contribution in [-0.4, -0.2) is 6.04 Å². The van der Waals surface area contributed by atoms with E-state index in [1.165, 1.54) is 12.1 Å². The molecule has 3 unspecified atom stereocenters. The van der Waals surface area contributed by atoms with Crippen LogP contribution in [0.15, 0.2) is 18.2 Å². The highest BCUT2D eigenvalue weighted by Crippen LogP contribution is 2.39. The van der Waals surface area contributed by atoms with Gasteiger partial charge in [-0.2, -0.15) is 0 Å². The van der Waals surface area contributed by atoms with E-state index in [1.807, 2.05) is 6.92 Å². The lowest BCUT2D eigenvalue weighted by Crippen LogP contribution is -2.24. The van der Waals surface area contributed by atoms with Crippen molar-refractivity contribution in [3.05, 3.63) is 35.4 Å². The minimum absolute atomic E-state index is 0.0655. The molecule has 0 aliphatic heterocycles. The summed E-state index contributed by atoms with van der Waals surface area (Å²) in [6.07, 6.45) is 1.74. The van der Waals surface area contributed by atoms with E-state index in [2.05, 4.69) is 0 Å². The van der Waals surface area contributed by atoms with Crippen LogP contribution >= 0.6 is 0 Å². The van der Waals surface area contributed by atoms with Crippen LogP contribution in [0.1, 0.15) is 31.2 Å². The summed E-state index contributed by atoms with van der Waals surface area (Å²) in [6.45, 7) is 2.01. The van der Waals surface area contributed by atoms with Gasteiger partial charge >= 0.3 is 0 Å². The SMILES string of the molecule is CC1C(N)CCC1c1cc(F)ccc1F. The molecule has 1 aliphatic carbocycles. The molecular weight excluding hydrogens is 196 g/mol. The van der Waals surface area contributed by atoms with Gasteiger partial charge in [0.05, 0.1) is 0 Å². The van der Waals surface area contributed by atoms with Gasteiger partial charge in [0, 0.05) is 6.04 Å². The van der Waals surface area contributed by atoms with E-state index in [1.54, 1.807) is 0 Å². The Labute approximate surface area is 88.3 Å². The van der Waals surface area contributed by atoms with E-state index >= 15 is 0 Å². The van der Waals surface area contributed by atoms with Crippen LogP contribution in [0, 0.1) is 17.6 Å². The molecule has 1 aromatic carbocycles. The smallest absolute Gasteiger partial charge is 0.126 e. The summed E-state index contributed by atoms with van der Waals surface area (Å²) in [6, 6.07) is 3.76. The van der Waals surface area contributed by atoms with Crippen molar-refractivity contribution >= 4 is 0 Å². The molecule has 3 heteroatoms. The highest BCUT2D eigenvalue weighted by Gasteiger charge is 2.32. The largest absolute Gasteiger partial charge is 0.327 e. The number of hydrogen-bond donors (Lipinski definition) is 1. The van der Waals surface area contributed by atoms with E-state index in [0.29, 0.717) is 5.56 Å². The van der Waals surface area contributed by atoms with Crippen LogP contribution < -0.4 is 5.73 Å². The molecule has 82 valence electrons. The summed E-state index contributed by atoms with van der Waals surface area (Å²) in [5.74, 6) is -0.404. The predicted octanol–water partition coefficient (Wildman–Crippen LogP) is 2.81. The van der Waals surface area contributed by atoms with Crippen molar-refractivity contribution in [2.45, 2.75) is 31.7 Å². The zero-order valence-electron chi connectivity index (χ0n) is 8.71. The molecule has 0 saturated heterocycles. The molecule has 0 heterocycles.